The van der Waals surface area contributed by atoms with Crippen molar-refractivity contribution in [1.82, 2.24) is 4.98 Å². The van der Waals surface area contributed by atoms with Crippen molar-refractivity contribution in [3.63, 3.8) is 0 Å². The van der Waals surface area contributed by atoms with Gasteiger partial charge in [0.2, 0.25) is 0 Å². The van der Waals surface area contributed by atoms with E-state index in [0.29, 0.717) is 10.7 Å². The van der Waals surface area contributed by atoms with Crippen LogP contribution < -0.4 is 0 Å². The van der Waals surface area contributed by atoms with E-state index in [1.807, 2.05) is 0 Å². The highest BCUT2D eigenvalue weighted by molar-refractivity contribution is 6.29. The molecule has 1 aromatic rings. The quantitative estimate of drug-likeness (QED) is 0.573. The van der Waals surface area contributed by atoms with E-state index in [0.717, 1.165) is 6.29 Å². The monoisotopic (exact) mass is 129 g/mol. The van der Waals surface area contributed by atoms with E-state index in [1.165, 1.54) is 0 Å². The van der Waals surface area contributed by atoms with Crippen LogP contribution in [0.5, 0.6) is 0 Å². The van der Waals surface area contributed by atoms with Gasteiger partial charge >= 0.3 is 0 Å². The lowest BCUT2D eigenvalue weighted by molar-refractivity contribution is 0.112. The van der Waals surface area contributed by atoms with Gasteiger partial charge in [0.1, 0.15) is 5.15 Å². The van der Waals surface area contributed by atoms with Crippen LogP contribution >= 0.6 is 11.6 Å². The normalized spacial score (nSPS) is 9.12. The zero-order valence-electron chi connectivity index (χ0n) is 4.02. The molecule has 8 heavy (non-hydrogen) atoms. The van der Waals surface area contributed by atoms with Gasteiger partial charge in [-0.3, -0.25) is 4.79 Å². The molecule has 2 nitrogen and oxygen atoms in total. The van der Waals surface area contributed by atoms with Crippen LogP contribution in [0.4, 0.5) is 0 Å². The molecule has 1 N–H and O–H groups in total. The summed E-state index contributed by atoms with van der Waals surface area (Å²) in [6, 6.07) is 1.56. The van der Waals surface area contributed by atoms with Crippen molar-refractivity contribution in [3.05, 3.63) is 23.0 Å². The van der Waals surface area contributed by atoms with E-state index in [9.17, 15) is 4.79 Å². The molecule has 1 heterocycles. The topological polar surface area (TPSA) is 32.9 Å². The van der Waals surface area contributed by atoms with Crippen LogP contribution in [0.25, 0.3) is 0 Å². The van der Waals surface area contributed by atoms with E-state index >= 15 is 0 Å². The minimum absolute atomic E-state index is 0.493. The minimum atomic E-state index is 0.493. The highest BCUT2D eigenvalue weighted by Crippen LogP contribution is 2.05. The third-order valence-electron chi connectivity index (χ3n) is 0.806. The van der Waals surface area contributed by atoms with Gasteiger partial charge in [0.05, 0.1) is 0 Å². The number of aldehydes is 1. The largest absolute Gasteiger partial charge is 0.352 e. The SMILES string of the molecule is O=Cc1c[nH]c(Cl)c1. The Morgan fingerprint density at radius 2 is 2.50 bits per heavy atom. The number of rotatable bonds is 1. The molecule has 42 valence electrons. The van der Waals surface area contributed by atoms with Crippen LogP contribution in [0.3, 0.4) is 0 Å². The average Bonchev–Trinajstić information content (AvgIpc) is 2.14. The second kappa shape index (κ2) is 2.01. The molecular formula is C5H4ClNO. The van der Waals surface area contributed by atoms with E-state index in [-0.39, 0.29) is 0 Å². The molecule has 1 rings (SSSR count). The first-order valence-corrected chi connectivity index (χ1v) is 2.50. The molecule has 0 aliphatic rings. The first-order chi connectivity index (χ1) is 3.83. The van der Waals surface area contributed by atoms with E-state index in [2.05, 4.69) is 4.98 Å². The standard InChI is InChI=1S/C5H4ClNO/c6-5-1-4(3-8)2-7-5/h1-3,7H. The molecule has 0 amide bonds. The Kier molecular flexibility index (Phi) is 1.35. The van der Waals surface area contributed by atoms with Gasteiger partial charge in [0.15, 0.2) is 6.29 Å². The van der Waals surface area contributed by atoms with Crippen LogP contribution in [0.1, 0.15) is 10.4 Å². The number of halogens is 1. The van der Waals surface area contributed by atoms with Gasteiger partial charge in [0.25, 0.3) is 0 Å². The van der Waals surface area contributed by atoms with E-state index < -0.39 is 0 Å². The number of H-pyrrole nitrogens is 1. The van der Waals surface area contributed by atoms with E-state index in [1.54, 1.807) is 12.3 Å². The number of aromatic nitrogens is 1. The Hall–Kier alpha value is -0.760. The second-order valence-corrected chi connectivity index (χ2v) is 1.81. The smallest absolute Gasteiger partial charge is 0.151 e. The summed E-state index contributed by atoms with van der Waals surface area (Å²) < 4.78 is 0. The molecule has 0 aromatic carbocycles. The molecule has 0 aliphatic heterocycles. The van der Waals surface area contributed by atoms with Crippen molar-refractivity contribution in [2.45, 2.75) is 0 Å². The number of hydrogen-bond donors (Lipinski definition) is 1. The summed E-state index contributed by atoms with van der Waals surface area (Å²) in [5.74, 6) is 0. The highest BCUT2D eigenvalue weighted by atomic mass is 35.5. The van der Waals surface area contributed by atoms with Crippen molar-refractivity contribution >= 4 is 17.9 Å². The number of nitrogens with one attached hydrogen (secondary N) is 1. The van der Waals surface area contributed by atoms with Crippen LogP contribution in [0, 0.1) is 0 Å². The number of carbonyl (C=O) groups is 1. The van der Waals surface area contributed by atoms with Crippen LogP contribution in [0.15, 0.2) is 12.3 Å². The summed E-state index contributed by atoms with van der Waals surface area (Å²) in [5.41, 5.74) is 0.579. The average molecular weight is 130 g/mol. The van der Waals surface area contributed by atoms with E-state index in [4.69, 9.17) is 11.6 Å². The number of carbonyl (C=O) groups excluding carboxylic acids is 1. The first kappa shape index (κ1) is 5.38. The van der Waals surface area contributed by atoms with Gasteiger partial charge in [-0.2, -0.15) is 0 Å². The molecule has 0 radical (unpaired) electrons. The molecule has 0 aliphatic carbocycles. The van der Waals surface area contributed by atoms with Crippen LogP contribution in [0.2, 0.25) is 5.15 Å². The number of hydrogen-bond acceptors (Lipinski definition) is 1. The summed E-state index contributed by atoms with van der Waals surface area (Å²) in [6.07, 6.45) is 2.29. The Bertz CT molecular complexity index is 194. The summed E-state index contributed by atoms with van der Waals surface area (Å²) in [6.45, 7) is 0. The lowest BCUT2D eigenvalue weighted by Crippen LogP contribution is -1.66. The van der Waals surface area contributed by atoms with Crippen molar-refractivity contribution in [2.24, 2.45) is 0 Å². The Balaban J connectivity index is 3.00. The predicted molar refractivity (Wildman–Crippen MR) is 31.2 cm³/mol. The Morgan fingerprint density at radius 3 is 2.75 bits per heavy atom. The third kappa shape index (κ3) is 0.898. The zero-order valence-corrected chi connectivity index (χ0v) is 4.77. The van der Waals surface area contributed by atoms with Gasteiger partial charge < -0.3 is 4.98 Å². The van der Waals surface area contributed by atoms with Gasteiger partial charge in [-0.05, 0) is 6.07 Å². The third-order valence-corrected chi connectivity index (χ3v) is 1.02. The highest BCUT2D eigenvalue weighted by Gasteiger charge is 1.90. The summed E-state index contributed by atoms with van der Waals surface area (Å²) in [4.78, 5) is 12.6. The molecule has 1 aromatic heterocycles. The molecule has 0 fully saturated rings. The minimum Gasteiger partial charge on any atom is -0.352 e. The summed E-state index contributed by atoms with van der Waals surface area (Å²) >= 11 is 5.42. The molecule has 0 spiro atoms. The van der Waals surface area contributed by atoms with Gasteiger partial charge in [-0.25, -0.2) is 0 Å². The van der Waals surface area contributed by atoms with Crippen molar-refractivity contribution in [1.29, 1.82) is 0 Å². The van der Waals surface area contributed by atoms with Gasteiger partial charge in [-0.1, -0.05) is 11.6 Å². The van der Waals surface area contributed by atoms with Crippen molar-refractivity contribution < 1.29 is 4.79 Å². The van der Waals surface area contributed by atoms with Gasteiger partial charge in [-0.15, -0.1) is 0 Å². The molecule has 0 atom stereocenters. The second-order valence-electron chi connectivity index (χ2n) is 1.40. The fourth-order valence-electron chi connectivity index (χ4n) is 0.450. The Labute approximate surface area is 51.5 Å². The van der Waals surface area contributed by atoms with Crippen LogP contribution in [-0.2, 0) is 0 Å². The van der Waals surface area contributed by atoms with Crippen molar-refractivity contribution in [2.75, 3.05) is 0 Å². The molecule has 0 unspecified atom stereocenters. The summed E-state index contributed by atoms with van der Waals surface area (Å²) in [5, 5.41) is 0.493. The molecule has 0 bridgehead atoms. The summed E-state index contributed by atoms with van der Waals surface area (Å²) in [7, 11) is 0. The maximum absolute atomic E-state index is 9.94. The Morgan fingerprint density at radius 1 is 1.75 bits per heavy atom. The maximum atomic E-state index is 9.94. The fourth-order valence-corrected chi connectivity index (χ4v) is 0.631. The lowest BCUT2D eigenvalue weighted by atomic mass is 10.4. The molecule has 3 heteroatoms. The maximum Gasteiger partial charge on any atom is 0.151 e. The molecule has 0 saturated carbocycles. The number of aromatic amines is 1. The first-order valence-electron chi connectivity index (χ1n) is 2.12. The lowest BCUT2D eigenvalue weighted by Gasteiger charge is -1.68. The fraction of sp³-hybridized carbons (Fsp3) is 0. The molecular weight excluding hydrogens is 126 g/mol. The zero-order chi connectivity index (χ0) is 5.98. The molecule has 0 saturated heterocycles. The van der Waals surface area contributed by atoms with Crippen molar-refractivity contribution in [3.8, 4) is 0 Å². The van der Waals surface area contributed by atoms with Gasteiger partial charge in [0, 0.05) is 11.8 Å². The predicted octanol–water partition coefficient (Wildman–Crippen LogP) is 1.48. The van der Waals surface area contributed by atoms with Crippen LogP contribution in [-0.4, -0.2) is 11.3 Å².